The molecule has 0 radical (unpaired) electrons. The van der Waals surface area contributed by atoms with Crippen molar-refractivity contribution < 1.29 is 15.0 Å². The predicted molar refractivity (Wildman–Crippen MR) is 58.5 cm³/mol. The molecule has 88 valence electrons. The van der Waals surface area contributed by atoms with Gasteiger partial charge in [-0.05, 0) is 24.7 Å². The van der Waals surface area contributed by atoms with Crippen molar-refractivity contribution >= 4 is 5.97 Å². The Morgan fingerprint density at radius 2 is 2.00 bits per heavy atom. The van der Waals surface area contributed by atoms with Crippen LogP contribution < -0.4 is 0 Å². The summed E-state index contributed by atoms with van der Waals surface area (Å²) < 4.78 is 0. The van der Waals surface area contributed by atoms with Crippen molar-refractivity contribution in [3.05, 3.63) is 0 Å². The monoisotopic (exact) mass is 214 g/mol. The van der Waals surface area contributed by atoms with E-state index in [-0.39, 0.29) is 11.8 Å². The summed E-state index contributed by atoms with van der Waals surface area (Å²) in [4.78, 5) is 11.2. The van der Waals surface area contributed by atoms with Crippen molar-refractivity contribution in [3.63, 3.8) is 0 Å². The van der Waals surface area contributed by atoms with Crippen LogP contribution >= 0.6 is 0 Å². The Hall–Kier alpha value is -0.570. The normalized spacial score (nSPS) is 34.1. The van der Waals surface area contributed by atoms with Gasteiger partial charge < -0.3 is 10.2 Å². The molecule has 2 N–H and O–H groups in total. The van der Waals surface area contributed by atoms with E-state index in [9.17, 15) is 15.0 Å². The fraction of sp³-hybridized carbons (Fsp3) is 0.917. The first-order valence-corrected chi connectivity index (χ1v) is 5.84. The molecule has 1 aliphatic rings. The molecular formula is C12H22O3. The molecule has 0 heterocycles. The highest BCUT2D eigenvalue weighted by Crippen LogP contribution is 2.41. The van der Waals surface area contributed by atoms with Crippen molar-refractivity contribution in [2.45, 2.75) is 52.1 Å². The lowest BCUT2D eigenvalue weighted by Gasteiger charge is -2.43. The molecule has 1 fully saturated rings. The maximum absolute atomic E-state index is 11.2. The maximum atomic E-state index is 11.2. The van der Waals surface area contributed by atoms with Crippen molar-refractivity contribution in [1.82, 2.24) is 0 Å². The minimum absolute atomic E-state index is 0.0203. The summed E-state index contributed by atoms with van der Waals surface area (Å²) in [6.07, 6.45) is 3.61. The number of rotatable bonds is 3. The van der Waals surface area contributed by atoms with Gasteiger partial charge in [-0.25, -0.2) is 0 Å². The molecule has 3 atom stereocenters. The molecule has 0 aromatic carbocycles. The smallest absolute Gasteiger partial charge is 0.309 e. The van der Waals surface area contributed by atoms with Gasteiger partial charge in [-0.2, -0.15) is 0 Å². The predicted octanol–water partition coefficient (Wildman–Crippen LogP) is 2.28. The van der Waals surface area contributed by atoms with E-state index >= 15 is 0 Å². The van der Waals surface area contributed by atoms with Gasteiger partial charge >= 0.3 is 5.97 Å². The van der Waals surface area contributed by atoms with Crippen molar-refractivity contribution in [3.8, 4) is 0 Å². The van der Waals surface area contributed by atoms with Gasteiger partial charge in [0.1, 0.15) is 0 Å². The van der Waals surface area contributed by atoms with E-state index in [0.29, 0.717) is 6.42 Å². The molecule has 0 amide bonds. The Morgan fingerprint density at radius 3 is 2.40 bits per heavy atom. The Labute approximate surface area is 91.5 Å². The zero-order chi connectivity index (χ0) is 11.6. The minimum atomic E-state index is -1.00. The van der Waals surface area contributed by atoms with Crippen LogP contribution in [0.15, 0.2) is 0 Å². The molecule has 0 aromatic rings. The largest absolute Gasteiger partial charge is 0.481 e. The first kappa shape index (κ1) is 12.5. The number of hydrogen-bond acceptors (Lipinski definition) is 2. The number of carboxylic acids is 1. The van der Waals surface area contributed by atoms with Gasteiger partial charge in [0.25, 0.3) is 0 Å². The molecule has 0 bridgehead atoms. The summed E-state index contributed by atoms with van der Waals surface area (Å²) in [6, 6.07) is 0. The number of hydrogen-bond donors (Lipinski definition) is 2. The van der Waals surface area contributed by atoms with E-state index in [1.54, 1.807) is 0 Å². The van der Waals surface area contributed by atoms with Crippen LogP contribution in [0.5, 0.6) is 0 Å². The first-order chi connectivity index (χ1) is 6.89. The quantitative estimate of drug-likeness (QED) is 0.757. The molecule has 0 saturated heterocycles. The molecule has 3 heteroatoms. The molecule has 15 heavy (non-hydrogen) atoms. The zero-order valence-corrected chi connectivity index (χ0v) is 9.86. The summed E-state index contributed by atoms with van der Waals surface area (Å²) in [7, 11) is 0. The molecule has 1 saturated carbocycles. The fourth-order valence-electron chi connectivity index (χ4n) is 2.89. The van der Waals surface area contributed by atoms with E-state index in [4.69, 9.17) is 0 Å². The highest BCUT2D eigenvalue weighted by molar-refractivity contribution is 5.72. The fourth-order valence-corrected chi connectivity index (χ4v) is 2.89. The standard InChI is InChI=1S/C12H22O3/c1-8(2)10(11(13)14)12(15)7-5-4-6-9(12)3/h8-10,15H,4-7H2,1-3H3,(H,13,14). The molecule has 3 unspecified atom stereocenters. The lowest BCUT2D eigenvalue weighted by Crippen LogP contribution is -2.51. The highest BCUT2D eigenvalue weighted by atomic mass is 16.4. The third kappa shape index (κ3) is 2.33. The van der Waals surface area contributed by atoms with Gasteiger partial charge in [-0.3, -0.25) is 4.79 Å². The molecule has 0 aromatic heterocycles. The minimum Gasteiger partial charge on any atom is -0.481 e. The van der Waals surface area contributed by atoms with Crippen LogP contribution in [0.1, 0.15) is 46.5 Å². The van der Waals surface area contributed by atoms with E-state index < -0.39 is 17.5 Å². The van der Waals surface area contributed by atoms with E-state index in [2.05, 4.69) is 0 Å². The Balaban J connectivity index is 2.93. The van der Waals surface area contributed by atoms with Crippen LogP contribution in [0.4, 0.5) is 0 Å². The number of aliphatic hydroxyl groups is 1. The zero-order valence-electron chi connectivity index (χ0n) is 9.86. The van der Waals surface area contributed by atoms with Gasteiger partial charge in [0.05, 0.1) is 11.5 Å². The Kier molecular flexibility index (Phi) is 3.77. The van der Waals surface area contributed by atoms with Crippen molar-refractivity contribution in [2.24, 2.45) is 17.8 Å². The Morgan fingerprint density at radius 1 is 1.40 bits per heavy atom. The van der Waals surface area contributed by atoms with E-state index in [1.165, 1.54) is 0 Å². The summed E-state index contributed by atoms with van der Waals surface area (Å²) in [5.41, 5.74) is -1.00. The lowest BCUT2D eigenvalue weighted by atomic mass is 9.66. The van der Waals surface area contributed by atoms with Gasteiger partial charge in [-0.15, -0.1) is 0 Å². The number of carboxylic acid groups (broad SMARTS) is 1. The molecule has 1 rings (SSSR count). The summed E-state index contributed by atoms with van der Waals surface area (Å²) in [5, 5.41) is 19.8. The van der Waals surface area contributed by atoms with Crippen LogP contribution in [0.3, 0.4) is 0 Å². The third-order valence-electron chi connectivity index (χ3n) is 3.79. The second-order valence-electron chi connectivity index (χ2n) is 5.20. The number of aliphatic carboxylic acids is 1. The summed E-state index contributed by atoms with van der Waals surface area (Å²) in [6.45, 7) is 5.72. The van der Waals surface area contributed by atoms with Crippen LogP contribution in [-0.2, 0) is 4.79 Å². The SMILES string of the molecule is CC(C)C(C(=O)O)C1(O)CCCCC1C. The maximum Gasteiger partial charge on any atom is 0.309 e. The van der Waals surface area contributed by atoms with Crippen molar-refractivity contribution in [1.29, 1.82) is 0 Å². The topological polar surface area (TPSA) is 57.5 Å². The summed E-state index contributed by atoms with van der Waals surface area (Å²) >= 11 is 0. The lowest BCUT2D eigenvalue weighted by molar-refractivity contribution is -0.165. The third-order valence-corrected chi connectivity index (χ3v) is 3.79. The molecule has 0 spiro atoms. The first-order valence-electron chi connectivity index (χ1n) is 5.84. The van der Waals surface area contributed by atoms with Crippen molar-refractivity contribution in [2.75, 3.05) is 0 Å². The van der Waals surface area contributed by atoms with Gasteiger partial charge in [0, 0.05) is 0 Å². The van der Waals surface area contributed by atoms with Gasteiger partial charge in [-0.1, -0.05) is 33.6 Å². The van der Waals surface area contributed by atoms with Crippen LogP contribution in [0.25, 0.3) is 0 Å². The molecule has 1 aliphatic carbocycles. The molecule has 0 aliphatic heterocycles. The van der Waals surface area contributed by atoms with Crippen LogP contribution in [0, 0.1) is 17.8 Å². The Bertz CT molecular complexity index is 237. The molecule has 3 nitrogen and oxygen atoms in total. The molecular weight excluding hydrogens is 192 g/mol. The van der Waals surface area contributed by atoms with E-state index in [0.717, 1.165) is 19.3 Å². The highest BCUT2D eigenvalue weighted by Gasteiger charge is 2.47. The second kappa shape index (κ2) is 4.52. The average Bonchev–Trinajstić information content (AvgIpc) is 2.08. The van der Waals surface area contributed by atoms with Crippen LogP contribution in [-0.4, -0.2) is 21.8 Å². The summed E-state index contributed by atoms with van der Waals surface area (Å²) in [5.74, 6) is -1.42. The van der Waals surface area contributed by atoms with Gasteiger partial charge in [0.15, 0.2) is 0 Å². The number of carbonyl (C=O) groups is 1. The average molecular weight is 214 g/mol. The van der Waals surface area contributed by atoms with Crippen LogP contribution in [0.2, 0.25) is 0 Å². The second-order valence-corrected chi connectivity index (χ2v) is 5.20. The van der Waals surface area contributed by atoms with Gasteiger partial charge in [0.2, 0.25) is 0 Å². The van der Waals surface area contributed by atoms with E-state index in [1.807, 2.05) is 20.8 Å².